The van der Waals surface area contributed by atoms with Crippen molar-refractivity contribution in [1.82, 2.24) is 5.32 Å². The van der Waals surface area contributed by atoms with Gasteiger partial charge in [0.25, 0.3) is 0 Å². The van der Waals surface area contributed by atoms with E-state index in [-0.39, 0.29) is 0 Å². The maximum atomic E-state index is 6.10. The van der Waals surface area contributed by atoms with Gasteiger partial charge in [0.15, 0.2) is 5.58 Å². The highest BCUT2D eigenvalue weighted by Gasteiger charge is 2.10. The van der Waals surface area contributed by atoms with Crippen molar-refractivity contribution in [2.75, 3.05) is 6.54 Å². The van der Waals surface area contributed by atoms with Gasteiger partial charge >= 0.3 is 0 Å². The largest absolute Gasteiger partial charge is 0.459 e. The summed E-state index contributed by atoms with van der Waals surface area (Å²) in [6.45, 7) is 7.55. The number of halogens is 1. The number of rotatable bonds is 5. The first kappa shape index (κ1) is 13.4. The van der Waals surface area contributed by atoms with Gasteiger partial charge in [0, 0.05) is 17.8 Å². The maximum absolute atomic E-state index is 6.10. The molecule has 18 heavy (non-hydrogen) atoms. The monoisotopic (exact) mass is 265 g/mol. The van der Waals surface area contributed by atoms with Crippen molar-refractivity contribution >= 4 is 22.6 Å². The molecule has 0 radical (unpaired) electrons. The zero-order valence-electron chi connectivity index (χ0n) is 11.2. The normalized spacial score (nSPS) is 13.4. The molecular weight excluding hydrogens is 246 g/mol. The molecule has 0 saturated carbocycles. The molecule has 0 fully saturated rings. The number of para-hydroxylation sites is 1. The summed E-state index contributed by atoms with van der Waals surface area (Å²) < 4.78 is 5.82. The van der Waals surface area contributed by atoms with Crippen LogP contribution in [0.4, 0.5) is 0 Å². The highest BCUT2D eigenvalue weighted by atomic mass is 35.5. The number of hydrogen-bond donors (Lipinski definition) is 1. The average Bonchev–Trinajstić information content (AvgIpc) is 2.70. The molecule has 1 unspecified atom stereocenters. The first-order valence-corrected chi connectivity index (χ1v) is 6.84. The molecule has 0 bridgehead atoms. The summed E-state index contributed by atoms with van der Waals surface area (Å²) in [5.74, 6) is 1.56. The van der Waals surface area contributed by atoms with E-state index in [2.05, 4.69) is 32.2 Å². The van der Waals surface area contributed by atoms with Crippen LogP contribution in [-0.4, -0.2) is 12.6 Å². The minimum Gasteiger partial charge on any atom is -0.459 e. The number of hydrogen-bond acceptors (Lipinski definition) is 2. The fraction of sp³-hybridized carbons (Fsp3) is 0.467. The fourth-order valence-corrected chi connectivity index (χ4v) is 2.25. The van der Waals surface area contributed by atoms with E-state index in [0.29, 0.717) is 17.0 Å². The lowest BCUT2D eigenvalue weighted by Gasteiger charge is -2.13. The lowest BCUT2D eigenvalue weighted by molar-refractivity contribution is 0.436. The van der Waals surface area contributed by atoms with Crippen LogP contribution in [0, 0.1) is 5.92 Å². The van der Waals surface area contributed by atoms with E-state index in [0.717, 1.165) is 29.7 Å². The summed E-state index contributed by atoms with van der Waals surface area (Å²) in [7, 11) is 0. The quantitative estimate of drug-likeness (QED) is 0.874. The van der Waals surface area contributed by atoms with Crippen molar-refractivity contribution < 1.29 is 4.42 Å². The second-order valence-electron chi connectivity index (χ2n) is 5.24. The standard InChI is InChI=1S/C15H20ClNO/c1-10(2)17-9-11(3)7-13-8-12-5-4-6-14(16)15(12)18-13/h4-6,8,10-11,17H,7,9H2,1-3H3. The number of furan rings is 1. The van der Waals surface area contributed by atoms with Crippen molar-refractivity contribution in [2.45, 2.75) is 33.2 Å². The van der Waals surface area contributed by atoms with Crippen LogP contribution in [0.2, 0.25) is 5.02 Å². The van der Waals surface area contributed by atoms with Gasteiger partial charge in [-0.05, 0) is 24.6 Å². The van der Waals surface area contributed by atoms with Crippen LogP contribution in [0.25, 0.3) is 11.0 Å². The highest BCUT2D eigenvalue weighted by molar-refractivity contribution is 6.34. The van der Waals surface area contributed by atoms with E-state index in [9.17, 15) is 0 Å². The SMILES string of the molecule is CC(CNC(C)C)Cc1cc2cccc(Cl)c2o1. The van der Waals surface area contributed by atoms with Crippen LogP contribution in [0.5, 0.6) is 0 Å². The van der Waals surface area contributed by atoms with Gasteiger partial charge in [-0.25, -0.2) is 0 Å². The molecule has 2 aromatic rings. The Kier molecular flexibility index (Phi) is 4.31. The molecule has 0 spiro atoms. The smallest absolute Gasteiger partial charge is 0.152 e. The number of benzene rings is 1. The molecule has 3 heteroatoms. The maximum Gasteiger partial charge on any atom is 0.152 e. The minimum absolute atomic E-state index is 0.526. The third-order valence-corrected chi connectivity index (χ3v) is 3.27. The second kappa shape index (κ2) is 5.77. The van der Waals surface area contributed by atoms with E-state index in [4.69, 9.17) is 16.0 Å². The Labute approximate surface area is 113 Å². The first-order chi connectivity index (χ1) is 8.56. The van der Waals surface area contributed by atoms with Crippen LogP contribution in [0.3, 0.4) is 0 Å². The summed E-state index contributed by atoms with van der Waals surface area (Å²) >= 11 is 6.10. The topological polar surface area (TPSA) is 25.2 Å². The minimum atomic E-state index is 0.526. The van der Waals surface area contributed by atoms with Crippen LogP contribution < -0.4 is 5.32 Å². The van der Waals surface area contributed by atoms with Gasteiger partial charge in [-0.15, -0.1) is 0 Å². The Balaban J connectivity index is 2.05. The highest BCUT2D eigenvalue weighted by Crippen LogP contribution is 2.27. The van der Waals surface area contributed by atoms with E-state index in [1.165, 1.54) is 0 Å². The Morgan fingerprint density at radius 2 is 2.06 bits per heavy atom. The van der Waals surface area contributed by atoms with Gasteiger partial charge in [-0.3, -0.25) is 0 Å². The van der Waals surface area contributed by atoms with Crippen molar-refractivity contribution in [2.24, 2.45) is 5.92 Å². The molecule has 1 aromatic heterocycles. The second-order valence-corrected chi connectivity index (χ2v) is 5.65. The third-order valence-electron chi connectivity index (χ3n) is 2.97. The van der Waals surface area contributed by atoms with Crippen molar-refractivity contribution in [3.8, 4) is 0 Å². The van der Waals surface area contributed by atoms with Crippen LogP contribution >= 0.6 is 11.6 Å². The molecule has 1 atom stereocenters. The van der Waals surface area contributed by atoms with E-state index < -0.39 is 0 Å². The van der Waals surface area contributed by atoms with Crippen molar-refractivity contribution in [3.63, 3.8) is 0 Å². The molecule has 0 aliphatic carbocycles. The summed E-state index contributed by atoms with van der Waals surface area (Å²) in [5.41, 5.74) is 0.804. The van der Waals surface area contributed by atoms with Crippen LogP contribution in [0.1, 0.15) is 26.5 Å². The summed E-state index contributed by atoms with van der Waals surface area (Å²) in [5, 5.41) is 5.21. The fourth-order valence-electron chi connectivity index (χ4n) is 2.03. The predicted molar refractivity (Wildman–Crippen MR) is 77.2 cm³/mol. The molecule has 2 nitrogen and oxygen atoms in total. The van der Waals surface area contributed by atoms with E-state index >= 15 is 0 Å². The zero-order chi connectivity index (χ0) is 13.1. The molecular formula is C15H20ClNO. The van der Waals surface area contributed by atoms with Gasteiger partial charge < -0.3 is 9.73 Å². The van der Waals surface area contributed by atoms with Crippen LogP contribution in [-0.2, 0) is 6.42 Å². The lowest BCUT2D eigenvalue weighted by Crippen LogP contribution is -2.28. The number of nitrogens with one attached hydrogen (secondary N) is 1. The first-order valence-electron chi connectivity index (χ1n) is 6.46. The average molecular weight is 266 g/mol. The van der Waals surface area contributed by atoms with Crippen LogP contribution in [0.15, 0.2) is 28.7 Å². The summed E-state index contributed by atoms with van der Waals surface area (Å²) in [6, 6.07) is 8.46. The molecule has 0 aliphatic rings. The van der Waals surface area contributed by atoms with E-state index in [1.54, 1.807) is 0 Å². The lowest BCUT2D eigenvalue weighted by atomic mass is 10.1. The molecule has 1 aromatic carbocycles. The van der Waals surface area contributed by atoms with Crippen molar-refractivity contribution in [1.29, 1.82) is 0 Å². The number of fused-ring (bicyclic) bond motifs is 1. The Morgan fingerprint density at radius 3 is 2.72 bits per heavy atom. The third kappa shape index (κ3) is 3.27. The van der Waals surface area contributed by atoms with Crippen molar-refractivity contribution in [3.05, 3.63) is 35.0 Å². The molecule has 1 heterocycles. The summed E-state index contributed by atoms with van der Waals surface area (Å²) in [4.78, 5) is 0. The molecule has 0 aliphatic heterocycles. The Morgan fingerprint density at radius 1 is 1.28 bits per heavy atom. The zero-order valence-corrected chi connectivity index (χ0v) is 11.9. The molecule has 1 N–H and O–H groups in total. The molecule has 0 saturated heterocycles. The Bertz CT molecular complexity index is 518. The predicted octanol–water partition coefficient (Wildman–Crippen LogP) is 4.26. The molecule has 98 valence electrons. The van der Waals surface area contributed by atoms with Gasteiger partial charge in [0.05, 0.1) is 5.02 Å². The van der Waals surface area contributed by atoms with Gasteiger partial charge in [-0.2, -0.15) is 0 Å². The van der Waals surface area contributed by atoms with Gasteiger partial charge in [0.1, 0.15) is 5.76 Å². The van der Waals surface area contributed by atoms with Gasteiger partial charge in [-0.1, -0.05) is 44.5 Å². The summed E-state index contributed by atoms with van der Waals surface area (Å²) in [6.07, 6.45) is 0.935. The van der Waals surface area contributed by atoms with Gasteiger partial charge in [0.2, 0.25) is 0 Å². The van der Waals surface area contributed by atoms with E-state index in [1.807, 2.05) is 18.2 Å². The Hall–Kier alpha value is -0.990. The molecule has 0 amide bonds. The molecule has 2 rings (SSSR count).